The van der Waals surface area contributed by atoms with Gasteiger partial charge >= 0.3 is 0 Å². The lowest BCUT2D eigenvalue weighted by Crippen LogP contribution is -2.16. The summed E-state index contributed by atoms with van der Waals surface area (Å²) in [5.74, 6) is -0.457. The average Bonchev–Trinajstić information content (AvgIpc) is 2.53. The summed E-state index contributed by atoms with van der Waals surface area (Å²) >= 11 is 0. The topological polar surface area (TPSA) is 75.9 Å². The molecule has 107 valence electrons. The van der Waals surface area contributed by atoms with Crippen LogP contribution in [0, 0.1) is 6.92 Å². The number of rotatable bonds is 4. The molecule has 0 saturated heterocycles. The molecule has 0 aromatic heterocycles. The number of carbonyl (C=O) groups is 1. The molecule has 0 heterocycles. The van der Waals surface area contributed by atoms with E-state index in [1.54, 1.807) is 0 Å². The van der Waals surface area contributed by atoms with E-state index in [-0.39, 0.29) is 5.56 Å². The number of hydrogen-bond acceptors (Lipinski definition) is 5. The zero-order chi connectivity index (χ0) is 15.3. The summed E-state index contributed by atoms with van der Waals surface area (Å²) in [7, 11) is -3.82. The minimum absolute atomic E-state index is 0.0947. The Hall–Kier alpha value is -2.34. The first-order chi connectivity index (χ1) is 10.0. The van der Waals surface area contributed by atoms with Crippen molar-refractivity contribution in [3.05, 3.63) is 67.1 Å². The molecular weight excluding hydrogens is 288 g/mol. The van der Waals surface area contributed by atoms with Gasteiger partial charge in [-0.05, 0) is 43.3 Å². The van der Waals surface area contributed by atoms with Gasteiger partial charge in [0.25, 0.3) is 5.12 Å². The van der Waals surface area contributed by atoms with Gasteiger partial charge in [0.1, 0.15) is 0 Å². The molecule has 2 aromatic carbocycles. The van der Waals surface area contributed by atoms with Gasteiger partial charge in [0, 0.05) is 5.56 Å². The third-order valence-corrected chi connectivity index (χ3v) is 4.03. The third kappa shape index (κ3) is 3.82. The van der Waals surface area contributed by atoms with Crippen LogP contribution in [0.5, 0.6) is 0 Å². The molecule has 2 aromatic rings. The van der Waals surface area contributed by atoms with E-state index in [0.29, 0.717) is 11.4 Å². The SMILES string of the molecule is [CH2]CS(=O)(=O)C(=O)c1ccc(N=Nc2ccccc2)cc1. The van der Waals surface area contributed by atoms with Crippen LogP contribution >= 0.6 is 0 Å². The molecule has 0 aliphatic rings. The molecule has 6 heteroatoms. The number of hydrogen-bond donors (Lipinski definition) is 0. The second kappa shape index (κ2) is 6.41. The highest BCUT2D eigenvalue weighted by Crippen LogP contribution is 2.19. The highest BCUT2D eigenvalue weighted by atomic mass is 32.2. The van der Waals surface area contributed by atoms with Crippen molar-refractivity contribution in [2.24, 2.45) is 10.2 Å². The van der Waals surface area contributed by atoms with Crippen LogP contribution in [0.15, 0.2) is 64.8 Å². The minimum Gasteiger partial charge on any atom is -0.276 e. The van der Waals surface area contributed by atoms with Crippen LogP contribution in [0.1, 0.15) is 10.4 Å². The molecule has 5 nitrogen and oxygen atoms in total. The quantitative estimate of drug-likeness (QED) is 0.811. The van der Waals surface area contributed by atoms with Gasteiger partial charge in [-0.25, -0.2) is 8.42 Å². The molecule has 21 heavy (non-hydrogen) atoms. The highest BCUT2D eigenvalue weighted by molar-refractivity contribution is 8.06. The monoisotopic (exact) mass is 301 g/mol. The zero-order valence-corrected chi connectivity index (χ0v) is 12.0. The Balaban J connectivity index is 2.17. The van der Waals surface area contributed by atoms with Crippen molar-refractivity contribution in [3.8, 4) is 0 Å². The van der Waals surface area contributed by atoms with E-state index < -0.39 is 20.7 Å². The fourth-order valence-corrected chi connectivity index (χ4v) is 2.23. The lowest BCUT2D eigenvalue weighted by Gasteiger charge is -2.00. The normalized spacial score (nSPS) is 11.7. The maximum absolute atomic E-state index is 11.7. The first-order valence-corrected chi connectivity index (χ1v) is 7.81. The van der Waals surface area contributed by atoms with Crippen LogP contribution in [-0.2, 0) is 9.84 Å². The highest BCUT2D eigenvalue weighted by Gasteiger charge is 2.21. The van der Waals surface area contributed by atoms with Gasteiger partial charge in [0.15, 0.2) is 0 Å². The van der Waals surface area contributed by atoms with E-state index in [1.807, 2.05) is 30.3 Å². The van der Waals surface area contributed by atoms with Crippen LogP contribution in [0.3, 0.4) is 0 Å². The van der Waals surface area contributed by atoms with Gasteiger partial charge in [-0.1, -0.05) is 18.2 Å². The molecule has 0 bridgehead atoms. The standard InChI is InChI=1S/C15H13N2O3S/c1-2-21(19,20)15(18)12-8-10-14(11-9-12)17-16-13-6-4-3-5-7-13/h3-11H,1-2H2. The Kier molecular flexibility index (Phi) is 4.59. The molecule has 0 amide bonds. The van der Waals surface area contributed by atoms with Gasteiger partial charge in [0.05, 0.1) is 17.1 Å². The number of nitrogens with zero attached hydrogens (tertiary/aromatic N) is 2. The molecule has 0 N–H and O–H groups in total. The maximum Gasteiger partial charge on any atom is 0.276 e. The largest absolute Gasteiger partial charge is 0.276 e. The van der Waals surface area contributed by atoms with Crippen LogP contribution in [0.4, 0.5) is 11.4 Å². The molecule has 0 atom stereocenters. The van der Waals surface area contributed by atoms with Gasteiger partial charge in [-0.3, -0.25) is 4.79 Å². The van der Waals surface area contributed by atoms with E-state index in [9.17, 15) is 13.2 Å². The van der Waals surface area contributed by atoms with Crippen molar-refractivity contribution in [1.29, 1.82) is 0 Å². The fraction of sp³-hybridized carbons (Fsp3) is 0.0667. The Morgan fingerprint density at radius 1 is 0.905 bits per heavy atom. The molecule has 0 spiro atoms. The molecule has 0 saturated carbocycles. The second-order valence-electron chi connectivity index (χ2n) is 4.19. The molecule has 0 aliphatic heterocycles. The van der Waals surface area contributed by atoms with Gasteiger partial charge in [-0.2, -0.15) is 10.2 Å². The van der Waals surface area contributed by atoms with Crippen LogP contribution < -0.4 is 0 Å². The van der Waals surface area contributed by atoms with Crippen LogP contribution in [0.2, 0.25) is 0 Å². The lowest BCUT2D eigenvalue weighted by molar-refractivity contribution is 0.107. The van der Waals surface area contributed by atoms with Gasteiger partial charge in [0.2, 0.25) is 9.84 Å². The number of azo groups is 1. The van der Waals surface area contributed by atoms with E-state index in [1.165, 1.54) is 24.3 Å². The first-order valence-electron chi connectivity index (χ1n) is 6.16. The summed E-state index contributed by atoms with van der Waals surface area (Å²) < 4.78 is 22.9. The average molecular weight is 301 g/mol. The Morgan fingerprint density at radius 3 is 1.95 bits per heavy atom. The van der Waals surface area contributed by atoms with Gasteiger partial charge < -0.3 is 0 Å². The van der Waals surface area contributed by atoms with Gasteiger partial charge in [-0.15, -0.1) is 0 Å². The van der Waals surface area contributed by atoms with Crippen LogP contribution in [-0.4, -0.2) is 19.3 Å². The zero-order valence-electron chi connectivity index (χ0n) is 11.1. The summed E-state index contributed by atoms with van der Waals surface area (Å²) in [6.07, 6.45) is 0. The van der Waals surface area contributed by atoms with E-state index in [2.05, 4.69) is 17.2 Å². The van der Waals surface area contributed by atoms with E-state index in [4.69, 9.17) is 0 Å². The summed E-state index contributed by atoms with van der Waals surface area (Å²) in [5, 5.41) is 7.11. The first kappa shape index (κ1) is 15.1. The number of sulfone groups is 1. The maximum atomic E-state index is 11.7. The van der Waals surface area contributed by atoms with Crippen molar-refractivity contribution in [2.45, 2.75) is 0 Å². The smallest absolute Gasteiger partial charge is 0.276 e. The van der Waals surface area contributed by atoms with Crippen molar-refractivity contribution >= 4 is 26.3 Å². The summed E-state index contributed by atoms with van der Waals surface area (Å²) in [6, 6.07) is 15.1. The Morgan fingerprint density at radius 2 is 1.43 bits per heavy atom. The Bertz CT molecular complexity index is 751. The molecule has 0 aliphatic carbocycles. The number of benzene rings is 2. The molecular formula is C15H13N2O3S. The molecule has 2 rings (SSSR count). The molecule has 0 unspecified atom stereocenters. The second-order valence-corrected chi connectivity index (χ2v) is 6.20. The summed E-state index contributed by atoms with van der Waals surface area (Å²) in [5.41, 5.74) is 1.33. The molecule has 1 radical (unpaired) electrons. The molecule has 0 fully saturated rings. The van der Waals surface area contributed by atoms with E-state index >= 15 is 0 Å². The van der Waals surface area contributed by atoms with Crippen molar-refractivity contribution in [2.75, 3.05) is 5.75 Å². The van der Waals surface area contributed by atoms with Crippen molar-refractivity contribution < 1.29 is 13.2 Å². The minimum atomic E-state index is -3.82. The Labute approximate surface area is 123 Å². The lowest BCUT2D eigenvalue weighted by atomic mass is 10.2. The fourth-order valence-electron chi connectivity index (χ4n) is 1.55. The van der Waals surface area contributed by atoms with Crippen molar-refractivity contribution in [3.63, 3.8) is 0 Å². The third-order valence-electron chi connectivity index (χ3n) is 2.69. The number of carbonyl (C=O) groups excluding carboxylic acids is 1. The summed E-state index contributed by atoms with van der Waals surface area (Å²) in [6.45, 7) is 3.24. The van der Waals surface area contributed by atoms with Crippen molar-refractivity contribution in [1.82, 2.24) is 0 Å². The van der Waals surface area contributed by atoms with Crippen LogP contribution in [0.25, 0.3) is 0 Å². The summed E-state index contributed by atoms with van der Waals surface area (Å²) in [4.78, 5) is 11.7. The van der Waals surface area contributed by atoms with E-state index in [0.717, 1.165) is 0 Å². The predicted octanol–water partition coefficient (Wildman–Crippen LogP) is 3.49. The predicted molar refractivity (Wildman–Crippen MR) is 80.5 cm³/mol.